The highest BCUT2D eigenvalue weighted by molar-refractivity contribution is 6.30. The Hall–Kier alpha value is -1.04. The lowest BCUT2D eigenvalue weighted by Crippen LogP contribution is -2.36. The molecule has 0 unspecified atom stereocenters. The Morgan fingerprint density at radius 3 is 2.33 bits per heavy atom. The Kier molecular flexibility index (Phi) is 4.78. The Labute approximate surface area is 109 Å². The zero-order valence-corrected chi connectivity index (χ0v) is 11.2. The van der Waals surface area contributed by atoms with Crippen molar-refractivity contribution in [1.29, 1.82) is 0 Å². The predicted molar refractivity (Wildman–Crippen MR) is 65.1 cm³/mol. The molecule has 0 atom stereocenters. The lowest BCUT2D eigenvalue weighted by molar-refractivity contribution is -0.119. The SMILES string of the molecule is CCCN(CC(F)(F)F)c1nc(C)nc(Cl)c1C. The number of hydrogen-bond acceptors (Lipinski definition) is 3. The van der Waals surface area contributed by atoms with Crippen LogP contribution in [0.1, 0.15) is 24.7 Å². The molecule has 0 amide bonds. The van der Waals surface area contributed by atoms with Crippen LogP contribution in [0.3, 0.4) is 0 Å². The average Bonchev–Trinajstić information content (AvgIpc) is 2.21. The second-order valence-corrected chi connectivity index (χ2v) is 4.40. The van der Waals surface area contributed by atoms with E-state index in [2.05, 4.69) is 9.97 Å². The molecule has 0 radical (unpaired) electrons. The zero-order chi connectivity index (χ0) is 13.9. The highest BCUT2D eigenvalue weighted by atomic mass is 35.5. The Morgan fingerprint density at radius 1 is 1.22 bits per heavy atom. The molecule has 0 spiro atoms. The van der Waals surface area contributed by atoms with Crippen LogP contribution in [0.2, 0.25) is 5.15 Å². The van der Waals surface area contributed by atoms with Gasteiger partial charge in [0.15, 0.2) is 0 Å². The Bertz CT molecular complexity index is 421. The van der Waals surface area contributed by atoms with Crippen molar-refractivity contribution in [3.63, 3.8) is 0 Å². The molecular formula is C11H15ClF3N3. The summed E-state index contributed by atoms with van der Waals surface area (Å²) in [6, 6.07) is 0. The predicted octanol–water partition coefficient (Wildman–Crippen LogP) is 3.53. The molecule has 0 aliphatic rings. The van der Waals surface area contributed by atoms with Crippen molar-refractivity contribution in [2.45, 2.75) is 33.4 Å². The first-order chi connectivity index (χ1) is 8.24. The smallest absolute Gasteiger partial charge is 0.347 e. The van der Waals surface area contributed by atoms with Crippen LogP contribution in [0, 0.1) is 13.8 Å². The van der Waals surface area contributed by atoms with Gasteiger partial charge in [-0.25, -0.2) is 9.97 Å². The molecular weight excluding hydrogens is 267 g/mol. The lowest BCUT2D eigenvalue weighted by Gasteiger charge is -2.26. The van der Waals surface area contributed by atoms with Gasteiger partial charge in [-0.3, -0.25) is 0 Å². The van der Waals surface area contributed by atoms with Gasteiger partial charge in [-0.15, -0.1) is 0 Å². The molecule has 0 aromatic carbocycles. The summed E-state index contributed by atoms with van der Waals surface area (Å²) in [6.45, 7) is 4.28. The second-order valence-electron chi connectivity index (χ2n) is 4.05. The van der Waals surface area contributed by atoms with Crippen molar-refractivity contribution in [2.24, 2.45) is 0 Å². The number of nitrogens with zero attached hydrogens (tertiary/aromatic N) is 3. The molecule has 1 rings (SSSR count). The summed E-state index contributed by atoms with van der Waals surface area (Å²) in [5, 5.41) is 0.195. The van der Waals surface area contributed by atoms with E-state index in [9.17, 15) is 13.2 Å². The van der Waals surface area contributed by atoms with Crippen LogP contribution in [-0.2, 0) is 0 Å². The topological polar surface area (TPSA) is 29.0 Å². The minimum absolute atomic E-state index is 0.195. The van der Waals surface area contributed by atoms with Crippen LogP contribution >= 0.6 is 11.6 Å². The van der Waals surface area contributed by atoms with Gasteiger partial charge in [0.05, 0.1) is 0 Å². The van der Waals surface area contributed by atoms with E-state index < -0.39 is 12.7 Å². The second kappa shape index (κ2) is 5.73. The molecule has 0 aliphatic heterocycles. The third-order valence-electron chi connectivity index (χ3n) is 2.34. The van der Waals surface area contributed by atoms with Crippen molar-refractivity contribution in [2.75, 3.05) is 18.0 Å². The van der Waals surface area contributed by atoms with Crippen LogP contribution in [0.5, 0.6) is 0 Å². The number of aryl methyl sites for hydroxylation is 1. The standard InChI is InChI=1S/C11H15ClF3N3/c1-4-5-18(6-11(13,14)15)10-7(2)9(12)16-8(3)17-10/h4-6H2,1-3H3. The summed E-state index contributed by atoms with van der Waals surface area (Å²) in [6.07, 6.45) is -3.68. The van der Waals surface area contributed by atoms with Gasteiger partial charge in [0.1, 0.15) is 23.3 Å². The molecule has 0 saturated heterocycles. The number of halogens is 4. The molecule has 3 nitrogen and oxygen atoms in total. The first kappa shape index (κ1) is 15.0. The molecule has 0 N–H and O–H groups in total. The summed E-state index contributed by atoms with van der Waals surface area (Å²) in [4.78, 5) is 9.18. The number of rotatable bonds is 4. The molecule has 1 heterocycles. The molecule has 0 saturated carbocycles. The van der Waals surface area contributed by atoms with E-state index in [1.54, 1.807) is 13.8 Å². The minimum atomic E-state index is -4.27. The highest BCUT2D eigenvalue weighted by Crippen LogP contribution is 2.26. The zero-order valence-electron chi connectivity index (χ0n) is 10.5. The molecule has 102 valence electrons. The van der Waals surface area contributed by atoms with Crippen molar-refractivity contribution < 1.29 is 13.2 Å². The summed E-state index contributed by atoms with van der Waals surface area (Å²) in [5.41, 5.74) is 0.472. The molecule has 0 fully saturated rings. The molecule has 18 heavy (non-hydrogen) atoms. The summed E-state index contributed by atoms with van der Waals surface area (Å²) in [5.74, 6) is 0.621. The molecule has 0 bridgehead atoms. The van der Waals surface area contributed by atoms with Gasteiger partial charge >= 0.3 is 6.18 Å². The summed E-state index contributed by atoms with van der Waals surface area (Å²) < 4.78 is 37.6. The van der Waals surface area contributed by atoms with E-state index in [4.69, 9.17) is 11.6 Å². The molecule has 1 aromatic heterocycles. The van der Waals surface area contributed by atoms with Crippen LogP contribution in [0.4, 0.5) is 19.0 Å². The van der Waals surface area contributed by atoms with E-state index in [-0.39, 0.29) is 17.5 Å². The van der Waals surface area contributed by atoms with Crippen molar-refractivity contribution >= 4 is 17.4 Å². The maximum Gasteiger partial charge on any atom is 0.405 e. The van der Waals surface area contributed by atoms with E-state index in [1.165, 1.54) is 4.90 Å². The van der Waals surface area contributed by atoms with Gasteiger partial charge < -0.3 is 4.90 Å². The van der Waals surface area contributed by atoms with Gasteiger partial charge in [-0.05, 0) is 20.3 Å². The summed E-state index contributed by atoms with van der Waals surface area (Å²) >= 11 is 5.88. The van der Waals surface area contributed by atoms with Gasteiger partial charge in [-0.1, -0.05) is 18.5 Å². The maximum absolute atomic E-state index is 12.5. The Balaban J connectivity index is 3.13. The highest BCUT2D eigenvalue weighted by Gasteiger charge is 2.32. The van der Waals surface area contributed by atoms with Gasteiger partial charge in [-0.2, -0.15) is 13.2 Å². The molecule has 7 heteroatoms. The monoisotopic (exact) mass is 281 g/mol. The number of alkyl halides is 3. The van der Waals surface area contributed by atoms with E-state index >= 15 is 0 Å². The largest absolute Gasteiger partial charge is 0.405 e. The normalized spacial score (nSPS) is 11.7. The van der Waals surface area contributed by atoms with Crippen molar-refractivity contribution in [1.82, 2.24) is 9.97 Å². The lowest BCUT2D eigenvalue weighted by atomic mass is 10.3. The van der Waals surface area contributed by atoms with Crippen molar-refractivity contribution in [3.05, 3.63) is 16.5 Å². The van der Waals surface area contributed by atoms with Crippen molar-refractivity contribution in [3.8, 4) is 0 Å². The third kappa shape index (κ3) is 4.01. The first-order valence-electron chi connectivity index (χ1n) is 5.57. The molecule has 0 aliphatic carbocycles. The summed E-state index contributed by atoms with van der Waals surface area (Å²) in [7, 11) is 0. The fourth-order valence-electron chi connectivity index (χ4n) is 1.63. The molecule has 1 aromatic rings. The van der Waals surface area contributed by atoms with Crippen LogP contribution in [0.25, 0.3) is 0 Å². The fraction of sp³-hybridized carbons (Fsp3) is 0.636. The number of hydrogen-bond donors (Lipinski definition) is 0. The Morgan fingerprint density at radius 2 is 1.83 bits per heavy atom. The van der Waals surface area contributed by atoms with Gasteiger partial charge in [0.25, 0.3) is 0 Å². The van der Waals surface area contributed by atoms with Crippen LogP contribution < -0.4 is 4.90 Å². The van der Waals surface area contributed by atoms with E-state index in [0.29, 0.717) is 17.8 Å². The first-order valence-corrected chi connectivity index (χ1v) is 5.95. The number of aromatic nitrogens is 2. The average molecular weight is 282 g/mol. The minimum Gasteiger partial charge on any atom is -0.347 e. The van der Waals surface area contributed by atoms with Crippen LogP contribution in [-0.4, -0.2) is 29.2 Å². The van der Waals surface area contributed by atoms with Crippen LogP contribution in [0.15, 0.2) is 0 Å². The maximum atomic E-state index is 12.5. The quantitative estimate of drug-likeness (QED) is 0.791. The fourth-order valence-corrected chi connectivity index (χ4v) is 1.84. The van der Waals surface area contributed by atoms with E-state index in [1.807, 2.05) is 6.92 Å². The van der Waals surface area contributed by atoms with Gasteiger partial charge in [0.2, 0.25) is 0 Å². The number of anilines is 1. The van der Waals surface area contributed by atoms with E-state index in [0.717, 1.165) is 0 Å². The van der Waals surface area contributed by atoms with Gasteiger partial charge in [0, 0.05) is 12.1 Å². The third-order valence-corrected chi connectivity index (χ3v) is 2.70.